The summed E-state index contributed by atoms with van der Waals surface area (Å²) in [6.07, 6.45) is 0. The van der Waals surface area contributed by atoms with Crippen molar-refractivity contribution >= 4 is 17.7 Å². The number of benzene rings is 1. The van der Waals surface area contributed by atoms with Gasteiger partial charge in [0, 0.05) is 0 Å². The molecule has 13 heavy (non-hydrogen) atoms. The Morgan fingerprint density at radius 2 is 2.08 bits per heavy atom. The van der Waals surface area contributed by atoms with E-state index in [1.807, 2.05) is 0 Å². The molecule has 0 aliphatic carbocycles. The summed E-state index contributed by atoms with van der Waals surface area (Å²) >= 11 is 1.53. The predicted molar refractivity (Wildman–Crippen MR) is 49.7 cm³/mol. The highest BCUT2D eigenvalue weighted by atomic mass is 32.2. The molecule has 1 fully saturated rings. The van der Waals surface area contributed by atoms with Gasteiger partial charge in [-0.25, -0.2) is 4.39 Å². The fourth-order valence-electron chi connectivity index (χ4n) is 1.21. The molecule has 1 heterocycles. The number of carbonyl (C=O) groups excluding carboxylic acids is 1. The number of nitrogens with one attached hydrogen (secondary N) is 1. The summed E-state index contributed by atoms with van der Waals surface area (Å²) in [5, 5.41) is 2.78. The molecule has 1 N–H and O–H groups in total. The van der Waals surface area contributed by atoms with Crippen LogP contribution in [0.3, 0.4) is 0 Å². The van der Waals surface area contributed by atoms with Crippen LogP contribution in [0.4, 0.5) is 4.39 Å². The molecule has 0 unspecified atom stereocenters. The Labute approximate surface area is 79.5 Å². The van der Waals surface area contributed by atoms with Crippen LogP contribution in [0, 0.1) is 5.82 Å². The molecule has 1 aromatic carbocycles. The van der Waals surface area contributed by atoms with Crippen LogP contribution in [-0.2, 0) is 4.79 Å². The van der Waals surface area contributed by atoms with Gasteiger partial charge in [-0.2, -0.15) is 0 Å². The van der Waals surface area contributed by atoms with Crippen LogP contribution in [0.25, 0.3) is 0 Å². The van der Waals surface area contributed by atoms with Gasteiger partial charge in [0.1, 0.15) is 11.2 Å². The van der Waals surface area contributed by atoms with E-state index in [1.165, 1.54) is 23.9 Å². The summed E-state index contributed by atoms with van der Waals surface area (Å²) in [4.78, 5) is 10.9. The number of amides is 1. The summed E-state index contributed by atoms with van der Waals surface area (Å²) in [6.45, 7) is 0. The SMILES string of the molecule is O=C1CS[C@H](c2ccc(F)cc2)N1. The van der Waals surface area contributed by atoms with E-state index in [0.717, 1.165) is 5.56 Å². The molecule has 68 valence electrons. The topological polar surface area (TPSA) is 29.1 Å². The van der Waals surface area contributed by atoms with Crippen LogP contribution >= 0.6 is 11.8 Å². The van der Waals surface area contributed by atoms with Crippen molar-refractivity contribution in [3.63, 3.8) is 0 Å². The third-order valence-corrected chi connectivity index (χ3v) is 3.00. The Kier molecular flexibility index (Phi) is 2.22. The molecule has 0 saturated carbocycles. The monoisotopic (exact) mass is 197 g/mol. The average molecular weight is 197 g/mol. The van der Waals surface area contributed by atoms with Crippen molar-refractivity contribution in [2.45, 2.75) is 5.37 Å². The highest BCUT2D eigenvalue weighted by Crippen LogP contribution is 2.30. The zero-order valence-corrected chi connectivity index (χ0v) is 7.60. The quantitative estimate of drug-likeness (QED) is 0.742. The molecule has 2 nitrogen and oxygen atoms in total. The molecule has 1 atom stereocenters. The van der Waals surface area contributed by atoms with Crippen molar-refractivity contribution in [2.75, 3.05) is 5.75 Å². The summed E-state index contributed by atoms with van der Waals surface area (Å²) in [7, 11) is 0. The van der Waals surface area contributed by atoms with Crippen LogP contribution in [0.1, 0.15) is 10.9 Å². The molecule has 1 saturated heterocycles. The average Bonchev–Trinajstić information content (AvgIpc) is 2.53. The third-order valence-electron chi connectivity index (χ3n) is 1.85. The van der Waals surface area contributed by atoms with Crippen LogP contribution in [0.5, 0.6) is 0 Å². The second kappa shape index (κ2) is 3.38. The zero-order valence-electron chi connectivity index (χ0n) is 6.79. The molecule has 0 bridgehead atoms. The fraction of sp³-hybridized carbons (Fsp3) is 0.222. The Bertz CT molecular complexity index is 325. The van der Waals surface area contributed by atoms with Gasteiger partial charge in [0.25, 0.3) is 0 Å². The molecule has 0 aromatic heterocycles. The van der Waals surface area contributed by atoms with Gasteiger partial charge in [-0.3, -0.25) is 4.79 Å². The van der Waals surface area contributed by atoms with Crippen molar-refractivity contribution < 1.29 is 9.18 Å². The number of carbonyl (C=O) groups is 1. The Morgan fingerprint density at radius 3 is 2.62 bits per heavy atom. The van der Waals surface area contributed by atoms with E-state index in [9.17, 15) is 9.18 Å². The number of hydrogen-bond acceptors (Lipinski definition) is 2. The number of hydrogen-bond donors (Lipinski definition) is 1. The first-order valence-corrected chi connectivity index (χ1v) is 4.97. The lowest BCUT2D eigenvalue weighted by Gasteiger charge is -2.08. The van der Waals surface area contributed by atoms with Gasteiger partial charge in [0.05, 0.1) is 5.75 Å². The molecule has 0 radical (unpaired) electrons. The first-order valence-electron chi connectivity index (χ1n) is 3.92. The predicted octanol–water partition coefficient (Wildman–Crippen LogP) is 1.69. The molecular formula is C9H8FNOS. The van der Waals surface area contributed by atoms with E-state index < -0.39 is 0 Å². The Balaban J connectivity index is 2.17. The van der Waals surface area contributed by atoms with E-state index in [1.54, 1.807) is 12.1 Å². The lowest BCUT2D eigenvalue weighted by Crippen LogP contribution is -2.18. The summed E-state index contributed by atoms with van der Waals surface area (Å²) in [5.41, 5.74) is 0.942. The van der Waals surface area contributed by atoms with E-state index in [2.05, 4.69) is 5.32 Å². The second-order valence-corrected chi connectivity index (χ2v) is 3.90. The maximum atomic E-state index is 12.6. The minimum Gasteiger partial charge on any atom is -0.339 e. The zero-order chi connectivity index (χ0) is 9.26. The van der Waals surface area contributed by atoms with Gasteiger partial charge in [-0.15, -0.1) is 11.8 Å². The summed E-state index contributed by atoms with van der Waals surface area (Å²) in [6, 6.07) is 6.19. The molecule has 1 aromatic rings. The lowest BCUT2D eigenvalue weighted by atomic mass is 10.2. The summed E-state index contributed by atoms with van der Waals surface area (Å²) < 4.78 is 12.6. The van der Waals surface area contributed by atoms with E-state index >= 15 is 0 Å². The van der Waals surface area contributed by atoms with Crippen molar-refractivity contribution in [2.24, 2.45) is 0 Å². The maximum Gasteiger partial charge on any atom is 0.231 e. The highest BCUT2D eigenvalue weighted by Gasteiger charge is 2.22. The number of rotatable bonds is 1. The van der Waals surface area contributed by atoms with E-state index in [0.29, 0.717) is 5.75 Å². The first kappa shape index (κ1) is 8.56. The van der Waals surface area contributed by atoms with E-state index in [4.69, 9.17) is 0 Å². The van der Waals surface area contributed by atoms with Crippen LogP contribution in [-0.4, -0.2) is 11.7 Å². The number of thioether (sulfide) groups is 1. The highest BCUT2D eigenvalue weighted by molar-refractivity contribution is 8.00. The van der Waals surface area contributed by atoms with Crippen molar-refractivity contribution in [1.29, 1.82) is 0 Å². The summed E-state index contributed by atoms with van der Waals surface area (Å²) in [5.74, 6) is 0.277. The van der Waals surface area contributed by atoms with Crippen LogP contribution in [0.15, 0.2) is 24.3 Å². The van der Waals surface area contributed by atoms with E-state index in [-0.39, 0.29) is 17.1 Å². The first-order chi connectivity index (χ1) is 6.25. The van der Waals surface area contributed by atoms with Gasteiger partial charge < -0.3 is 5.32 Å². The molecule has 1 amide bonds. The van der Waals surface area contributed by atoms with Gasteiger partial charge in [0.15, 0.2) is 0 Å². The normalized spacial score (nSPS) is 21.6. The molecular weight excluding hydrogens is 189 g/mol. The molecule has 2 rings (SSSR count). The van der Waals surface area contributed by atoms with Gasteiger partial charge in [-0.1, -0.05) is 12.1 Å². The lowest BCUT2D eigenvalue weighted by molar-refractivity contribution is -0.118. The largest absolute Gasteiger partial charge is 0.339 e. The van der Waals surface area contributed by atoms with Crippen molar-refractivity contribution in [1.82, 2.24) is 5.32 Å². The fourth-order valence-corrected chi connectivity index (χ4v) is 2.17. The second-order valence-electron chi connectivity index (χ2n) is 2.81. The molecule has 1 aliphatic rings. The van der Waals surface area contributed by atoms with Crippen molar-refractivity contribution in [3.8, 4) is 0 Å². The molecule has 4 heteroatoms. The van der Waals surface area contributed by atoms with Crippen LogP contribution in [0.2, 0.25) is 0 Å². The minimum atomic E-state index is -0.252. The third kappa shape index (κ3) is 1.83. The van der Waals surface area contributed by atoms with Gasteiger partial charge >= 0.3 is 0 Å². The Hall–Kier alpha value is -1.03. The van der Waals surface area contributed by atoms with Crippen LogP contribution < -0.4 is 5.32 Å². The van der Waals surface area contributed by atoms with Gasteiger partial charge in [-0.05, 0) is 17.7 Å². The number of halogens is 1. The molecule has 0 spiro atoms. The minimum absolute atomic E-state index is 0.00639. The van der Waals surface area contributed by atoms with Crippen molar-refractivity contribution in [3.05, 3.63) is 35.6 Å². The maximum absolute atomic E-state index is 12.6. The molecule has 1 aliphatic heterocycles. The Morgan fingerprint density at radius 1 is 1.38 bits per heavy atom. The van der Waals surface area contributed by atoms with Gasteiger partial charge in [0.2, 0.25) is 5.91 Å². The smallest absolute Gasteiger partial charge is 0.231 e. The standard InChI is InChI=1S/C9H8FNOS/c10-7-3-1-6(2-4-7)9-11-8(12)5-13-9/h1-4,9H,5H2,(H,11,12)/t9-/m1/s1.